The van der Waals surface area contributed by atoms with E-state index in [4.69, 9.17) is 9.84 Å². The third-order valence-electron chi connectivity index (χ3n) is 3.04. The van der Waals surface area contributed by atoms with E-state index in [-0.39, 0.29) is 24.5 Å². The predicted octanol–water partition coefficient (Wildman–Crippen LogP) is 1.71. The van der Waals surface area contributed by atoms with Crippen molar-refractivity contribution in [3.05, 3.63) is 0 Å². The van der Waals surface area contributed by atoms with E-state index < -0.39 is 5.60 Å². The SMILES string of the molecule is CC1CC(C)(C)CC1(C#N)OCCO. The van der Waals surface area contributed by atoms with E-state index in [0.717, 1.165) is 12.8 Å². The van der Waals surface area contributed by atoms with E-state index in [1.165, 1.54) is 0 Å². The van der Waals surface area contributed by atoms with Gasteiger partial charge in [-0.2, -0.15) is 5.26 Å². The van der Waals surface area contributed by atoms with Crippen molar-refractivity contribution >= 4 is 0 Å². The summed E-state index contributed by atoms with van der Waals surface area (Å²) in [5.41, 5.74) is -0.503. The molecule has 2 unspecified atom stereocenters. The van der Waals surface area contributed by atoms with Crippen molar-refractivity contribution < 1.29 is 9.84 Å². The van der Waals surface area contributed by atoms with Crippen LogP contribution in [0.25, 0.3) is 0 Å². The standard InChI is InChI=1S/C11H19NO2/c1-9-6-10(2,3)7-11(9,8-12)14-5-4-13/h9,13H,4-7H2,1-3H3. The van der Waals surface area contributed by atoms with E-state index in [1.54, 1.807) is 0 Å². The van der Waals surface area contributed by atoms with E-state index in [9.17, 15) is 5.26 Å². The average molecular weight is 197 g/mol. The first-order chi connectivity index (χ1) is 6.46. The Morgan fingerprint density at radius 2 is 2.21 bits per heavy atom. The Labute approximate surface area is 85.7 Å². The molecule has 0 radical (unpaired) electrons. The summed E-state index contributed by atoms with van der Waals surface area (Å²) in [6.07, 6.45) is 1.77. The minimum absolute atomic E-state index is 0.0173. The second kappa shape index (κ2) is 3.88. The van der Waals surface area contributed by atoms with E-state index in [1.807, 2.05) is 0 Å². The van der Waals surface area contributed by atoms with Gasteiger partial charge in [0.05, 0.1) is 19.3 Å². The summed E-state index contributed by atoms with van der Waals surface area (Å²) < 4.78 is 5.53. The van der Waals surface area contributed by atoms with Crippen LogP contribution in [-0.2, 0) is 4.74 Å². The van der Waals surface area contributed by atoms with Crippen molar-refractivity contribution in [3.63, 3.8) is 0 Å². The summed E-state index contributed by atoms with van der Waals surface area (Å²) in [6, 6.07) is 2.28. The van der Waals surface area contributed by atoms with Gasteiger partial charge in [0.15, 0.2) is 5.60 Å². The lowest BCUT2D eigenvalue weighted by molar-refractivity contribution is -0.0420. The van der Waals surface area contributed by atoms with Gasteiger partial charge in [-0.15, -0.1) is 0 Å². The summed E-state index contributed by atoms with van der Waals surface area (Å²) in [7, 11) is 0. The molecule has 1 rings (SSSR count). The highest BCUT2D eigenvalue weighted by atomic mass is 16.5. The monoisotopic (exact) mass is 197 g/mol. The van der Waals surface area contributed by atoms with E-state index in [2.05, 4.69) is 26.8 Å². The summed E-state index contributed by atoms with van der Waals surface area (Å²) in [5, 5.41) is 17.9. The minimum atomic E-state index is -0.674. The zero-order chi connectivity index (χ0) is 10.8. The molecule has 0 aliphatic heterocycles. The van der Waals surface area contributed by atoms with Crippen LogP contribution in [0.5, 0.6) is 0 Å². The molecule has 80 valence electrons. The van der Waals surface area contributed by atoms with Crippen molar-refractivity contribution in [2.75, 3.05) is 13.2 Å². The molecular weight excluding hydrogens is 178 g/mol. The minimum Gasteiger partial charge on any atom is -0.394 e. The fourth-order valence-corrected chi connectivity index (χ4v) is 2.55. The lowest BCUT2D eigenvalue weighted by atomic mass is 9.89. The molecular formula is C11H19NO2. The van der Waals surface area contributed by atoms with Crippen LogP contribution in [0.1, 0.15) is 33.6 Å². The molecule has 0 aromatic rings. The van der Waals surface area contributed by atoms with Crippen molar-refractivity contribution in [1.82, 2.24) is 0 Å². The lowest BCUT2D eigenvalue weighted by Gasteiger charge is -2.26. The Morgan fingerprint density at radius 1 is 1.57 bits per heavy atom. The quantitative estimate of drug-likeness (QED) is 0.749. The van der Waals surface area contributed by atoms with Crippen molar-refractivity contribution in [2.45, 2.75) is 39.2 Å². The summed E-state index contributed by atoms with van der Waals surface area (Å²) in [5.74, 6) is 0.244. The average Bonchev–Trinajstić information content (AvgIpc) is 2.33. The number of nitriles is 1. The molecule has 0 bridgehead atoms. The number of aliphatic hydroxyl groups is 1. The largest absolute Gasteiger partial charge is 0.394 e. The summed E-state index contributed by atoms with van der Waals surface area (Å²) in [4.78, 5) is 0. The molecule has 1 N–H and O–H groups in total. The molecule has 0 spiro atoms. The normalized spacial score (nSPS) is 35.5. The lowest BCUT2D eigenvalue weighted by Crippen LogP contribution is -2.35. The predicted molar refractivity (Wildman–Crippen MR) is 53.6 cm³/mol. The Morgan fingerprint density at radius 3 is 2.57 bits per heavy atom. The number of hydrogen-bond donors (Lipinski definition) is 1. The van der Waals surface area contributed by atoms with Crippen LogP contribution < -0.4 is 0 Å². The molecule has 0 aromatic carbocycles. The highest BCUT2D eigenvalue weighted by molar-refractivity contribution is 5.12. The number of hydrogen-bond acceptors (Lipinski definition) is 3. The maximum atomic E-state index is 9.19. The van der Waals surface area contributed by atoms with Crippen LogP contribution in [0.3, 0.4) is 0 Å². The van der Waals surface area contributed by atoms with Crippen LogP contribution in [0.4, 0.5) is 0 Å². The van der Waals surface area contributed by atoms with Gasteiger partial charge in [0.25, 0.3) is 0 Å². The number of nitrogens with zero attached hydrogens (tertiary/aromatic N) is 1. The van der Waals surface area contributed by atoms with Gasteiger partial charge in [-0.1, -0.05) is 20.8 Å². The smallest absolute Gasteiger partial charge is 0.157 e. The third-order valence-corrected chi connectivity index (χ3v) is 3.04. The topological polar surface area (TPSA) is 53.2 Å². The Kier molecular flexibility index (Phi) is 3.18. The second-order valence-electron chi connectivity index (χ2n) is 5.02. The van der Waals surface area contributed by atoms with Gasteiger partial charge in [0.1, 0.15) is 0 Å². The molecule has 1 saturated carbocycles. The maximum Gasteiger partial charge on any atom is 0.157 e. The highest BCUT2D eigenvalue weighted by Gasteiger charge is 2.50. The van der Waals surface area contributed by atoms with Gasteiger partial charge in [0, 0.05) is 0 Å². The van der Waals surface area contributed by atoms with Gasteiger partial charge in [-0.25, -0.2) is 0 Å². The molecule has 0 aromatic heterocycles. The first-order valence-corrected chi connectivity index (χ1v) is 5.12. The molecule has 0 saturated heterocycles. The first kappa shape index (κ1) is 11.5. The van der Waals surface area contributed by atoms with Gasteiger partial charge in [0.2, 0.25) is 0 Å². The molecule has 0 heterocycles. The summed E-state index contributed by atoms with van der Waals surface area (Å²) in [6.45, 7) is 6.61. The third kappa shape index (κ3) is 2.08. The molecule has 1 fully saturated rings. The molecule has 1 aliphatic rings. The molecule has 3 nitrogen and oxygen atoms in total. The molecule has 0 amide bonds. The van der Waals surface area contributed by atoms with Crippen LogP contribution in [0.15, 0.2) is 0 Å². The van der Waals surface area contributed by atoms with Crippen LogP contribution in [0.2, 0.25) is 0 Å². The van der Waals surface area contributed by atoms with Crippen molar-refractivity contribution in [1.29, 1.82) is 5.26 Å². The first-order valence-electron chi connectivity index (χ1n) is 5.12. The Hall–Kier alpha value is -0.590. The molecule has 14 heavy (non-hydrogen) atoms. The van der Waals surface area contributed by atoms with Crippen LogP contribution in [-0.4, -0.2) is 23.9 Å². The zero-order valence-corrected chi connectivity index (χ0v) is 9.21. The number of ether oxygens (including phenoxy) is 1. The van der Waals surface area contributed by atoms with E-state index in [0.29, 0.717) is 0 Å². The van der Waals surface area contributed by atoms with E-state index >= 15 is 0 Å². The van der Waals surface area contributed by atoms with Crippen LogP contribution in [0, 0.1) is 22.7 Å². The van der Waals surface area contributed by atoms with Crippen molar-refractivity contribution in [3.8, 4) is 6.07 Å². The van der Waals surface area contributed by atoms with Gasteiger partial charge >= 0.3 is 0 Å². The zero-order valence-electron chi connectivity index (χ0n) is 9.21. The fraction of sp³-hybridized carbons (Fsp3) is 0.909. The van der Waals surface area contributed by atoms with Gasteiger partial charge < -0.3 is 9.84 Å². The number of aliphatic hydroxyl groups excluding tert-OH is 1. The number of rotatable bonds is 3. The van der Waals surface area contributed by atoms with Crippen LogP contribution >= 0.6 is 0 Å². The second-order valence-corrected chi connectivity index (χ2v) is 5.02. The molecule has 1 aliphatic carbocycles. The fourth-order valence-electron chi connectivity index (χ4n) is 2.55. The van der Waals surface area contributed by atoms with Crippen molar-refractivity contribution in [2.24, 2.45) is 11.3 Å². The van der Waals surface area contributed by atoms with Gasteiger partial charge in [-0.05, 0) is 24.2 Å². The molecule has 2 atom stereocenters. The van der Waals surface area contributed by atoms with Gasteiger partial charge in [-0.3, -0.25) is 0 Å². The Balaban J connectivity index is 2.76. The summed E-state index contributed by atoms with van der Waals surface area (Å²) >= 11 is 0. The molecule has 3 heteroatoms. The highest BCUT2D eigenvalue weighted by Crippen LogP contribution is 2.48. The Bertz CT molecular complexity index is 244. The maximum absolute atomic E-state index is 9.19.